The van der Waals surface area contributed by atoms with E-state index in [1.807, 2.05) is 6.07 Å². The molecule has 1 aliphatic rings. The molecule has 5 heteroatoms. The second-order valence-corrected chi connectivity index (χ2v) is 4.52. The van der Waals surface area contributed by atoms with Crippen LogP contribution in [0.1, 0.15) is 11.6 Å². The highest BCUT2D eigenvalue weighted by Gasteiger charge is 2.17. The zero-order valence-electron chi connectivity index (χ0n) is 7.56. The lowest BCUT2D eigenvalue weighted by Gasteiger charge is -2.25. The van der Waals surface area contributed by atoms with Gasteiger partial charge in [0.05, 0.1) is 0 Å². The number of aromatic nitrogens is 1. The Hall–Kier alpha value is -0.160. The van der Waals surface area contributed by atoms with Crippen molar-refractivity contribution in [3.8, 4) is 0 Å². The molecule has 2 N–H and O–H groups in total. The van der Waals surface area contributed by atoms with Crippen LogP contribution in [-0.2, 0) is 0 Å². The largest absolute Gasteiger partial charge is 0.314 e. The van der Waals surface area contributed by atoms with Crippen LogP contribution in [0.25, 0.3) is 0 Å². The monoisotopic (exact) mass is 275 g/mol. The van der Waals surface area contributed by atoms with Gasteiger partial charge >= 0.3 is 0 Å². The Kier molecular flexibility index (Phi) is 3.38. The SMILES string of the molecule is Clc1ncc(Br)cc1[C@@H]1CNCCN1. The third-order valence-electron chi connectivity index (χ3n) is 2.25. The van der Waals surface area contributed by atoms with Crippen molar-refractivity contribution < 1.29 is 0 Å². The zero-order valence-corrected chi connectivity index (χ0v) is 9.90. The lowest BCUT2D eigenvalue weighted by molar-refractivity contribution is 0.429. The molecule has 1 aromatic heterocycles. The van der Waals surface area contributed by atoms with E-state index in [4.69, 9.17) is 11.6 Å². The molecule has 76 valence electrons. The molecule has 0 bridgehead atoms. The van der Waals surface area contributed by atoms with Crippen molar-refractivity contribution in [1.82, 2.24) is 15.6 Å². The third kappa shape index (κ3) is 2.25. The maximum absolute atomic E-state index is 6.03. The molecule has 1 aliphatic heterocycles. The number of nitrogens with one attached hydrogen (secondary N) is 2. The number of pyridine rings is 1. The van der Waals surface area contributed by atoms with E-state index in [-0.39, 0.29) is 6.04 Å². The normalized spacial score (nSPS) is 22.3. The minimum atomic E-state index is 0.265. The molecule has 2 rings (SSSR count). The van der Waals surface area contributed by atoms with Gasteiger partial charge in [0.25, 0.3) is 0 Å². The van der Waals surface area contributed by atoms with E-state index in [0.717, 1.165) is 29.7 Å². The van der Waals surface area contributed by atoms with Gasteiger partial charge in [-0.25, -0.2) is 4.98 Å². The average Bonchev–Trinajstić information content (AvgIpc) is 2.23. The molecule has 2 heterocycles. The van der Waals surface area contributed by atoms with Gasteiger partial charge in [0.2, 0.25) is 0 Å². The molecular formula is C9H11BrClN3. The molecule has 3 nitrogen and oxygen atoms in total. The van der Waals surface area contributed by atoms with E-state index in [2.05, 4.69) is 31.5 Å². The molecule has 0 saturated carbocycles. The fourth-order valence-electron chi connectivity index (χ4n) is 1.56. The van der Waals surface area contributed by atoms with Crippen LogP contribution in [0.5, 0.6) is 0 Å². The Labute approximate surface area is 96.4 Å². The smallest absolute Gasteiger partial charge is 0.133 e. The first-order valence-corrected chi connectivity index (χ1v) is 5.69. The zero-order chi connectivity index (χ0) is 9.97. The number of hydrogen-bond acceptors (Lipinski definition) is 3. The molecule has 1 aromatic rings. The molecule has 0 spiro atoms. The Morgan fingerprint density at radius 1 is 1.50 bits per heavy atom. The standard InChI is InChI=1S/C9H11BrClN3/c10-6-3-7(9(11)14-4-6)8-5-12-1-2-13-8/h3-4,8,12-13H,1-2,5H2/t8-/m0/s1. The Morgan fingerprint density at radius 3 is 3.07 bits per heavy atom. The highest BCUT2D eigenvalue weighted by Crippen LogP contribution is 2.24. The predicted octanol–water partition coefficient (Wildman–Crippen LogP) is 1.73. The lowest BCUT2D eigenvalue weighted by Crippen LogP contribution is -2.42. The fraction of sp³-hybridized carbons (Fsp3) is 0.444. The molecule has 0 amide bonds. The van der Waals surface area contributed by atoms with E-state index in [0.29, 0.717) is 5.15 Å². The van der Waals surface area contributed by atoms with Gasteiger partial charge in [-0.1, -0.05) is 11.6 Å². The highest BCUT2D eigenvalue weighted by atomic mass is 79.9. The Morgan fingerprint density at radius 2 is 2.36 bits per heavy atom. The fourth-order valence-corrected chi connectivity index (χ4v) is 2.14. The number of nitrogens with zero attached hydrogens (tertiary/aromatic N) is 1. The van der Waals surface area contributed by atoms with Crippen molar-refractivity contribution in [3.63, 3.8) is 0 Å². The highest BCUT2D eigenvalue weighted by molar-refractivity contribution is 9.10. The molecule has 0 radical (unpaired) electrons. The van der Waals surface area contributed by atoms with Crippen molar-refractivity contribution >= 4 is 27.5 Å². The van der Waals surface area contributed by atoms with Gasteiger partial charge < -0.3 is 10.6 Å². The Balaban J connectivity index is 2.24. The lowest BCUT2D eigenvalue weighted by atomic mass is 10.1. The van der Waals surface area contributed by atoms with Crippen molar-refractivity contribution in [2.45, 2.75) is 6.04 Å². The molecule has 0 aliphatic carbocycles. The van der Waals surface area contributed by atoms with Crippen LogP contribution in [-0.4, -0.2) is 24.6 Å². The van der Waals surface area contributed by atoms with E-state index in [9.17, 15) is 0 Å². The summed E-state index contributed by atoms with van der Waals surface area (Å²) in [6, 6.07) is 2.28. The van der Waals surface area contributed by atoms with Crippen LogP contribution in [0.3, 0.4) is 0 Å². The summed E-state index contributed by atoms with van der Waals surface area (Å²) in [6.07, 6.45) is 1.71. The molecule has 1 saturated heterocycles. The molecule has 14 heavy (non-hydrogen) atoms. The van der Waals surface area contributed by atoms with Crippen LogP contribution < -0.4 is 10.6 Å². The predicted molar refractivity (Wildman–Crippen MR) is 60.6 cm³/mol. The van der Waals surface area contributed by atoms with E-state index in [1.165, 1.54) is 0 Å². The van der Waals surface area contributed by atoms with Gasteiger partial charge in [-0.2, -0.15) is 0 Å². The first kappa shape index (κ1) is 10.4. The average molecular weight is 277 g/mol. The molecular weight excluding hydrogens is 265 g/mol. The summed E-state index contributed by atoms with van der Waals surface area (Å²) in [7, 11) is 0. The van der Waals surface area contributed by atoms with Crippen LogP contribution >= 0.6 is 27.5 Å². The first-order valence-electron chi connectivity index (χ1n) is 4.52. The minimum absolute atomic E-state index is 0.265. The van der Waals surface area contributed by atoms with Crippen LogP contribution in [0.4, 0.5) is 0 Å². The molecule has 1 fully saturated rings. The second-order valence-electron chi connectivity index (χ2n) is 3.24. The van der Waals surface area contributed by atoms with E-state index >= 15 is 0 Å². The minimum Gasteiger partial charge on any atom is -0.314 e. The number of halogens is 2. The molecule has 1 atom stereocenters. The van der Waals surface area contributed by atoms with Gasteiger partial charge in [0.1, 0.15) is 5.15 Å². The maximum Gasteiger partial charge on any atom is 0.133 e. The summed E-state index contributed by atoms with van der Waals surface area (Å²) in [6.45, 7) is 2.88. The Bertz CT molecular complexity index is 326. The van der Waals surface area contributed by atoms with Crippen molar-refractivity contribution in [2.24, 2.45) is 0 Å². The van der Waals surface area contributed by atoms with Crippen molar-refractivity contribution in [1.29, 1.82) is 0 Å². The van der Waals surface area contributed by atoms with Crippen LogP contribution in [0.15, 0.2) is 16.7 Å². The number of rotatable bonds is 1. The van der Waals surface area contributed by atoms with Crippen LogP contribution in [0.2, 0.25) is 5.15 Å². The van der Waals surface area contributed by atoms with Gasteiger partial charge in [0, 0.05) is 41.9 Å². The maximum atomic E-state index is 6.03. The van der Waals surface area contributed by atoms with Gasteiger partial charge in [-0.3, -0.25) is 0 Å². The van der Waals surface area contributed by atoms with E-state index in [1.54, 1.807) is 6.20 Å². The molecule has 0 aromatic carbocycles. The summed E-state index contributed by atoms with van der Waals surface area (Å²) in [5.41, 5.74) is 1.05. The summed E-state index contributed by atoms with van der Waals surface area (Å²) in [4.78, 5) is 4.10. The summed E-state index contributed by atoms with van der Waals surface area (Å²) >= 11 is 9.42. The van der Waals surface area contributed by atoms with E-state index < -0.39 is 0 Å². The van der Waals surface area contributed by atoms with Gasteiger partial charge in [0.15, 0.2) is 0 Å². The second kappa shape index (κ2) is 4.57. The quantitative estimate of drug-likeness (QED) is 0.767. The number of piperazine rings is 1. The summed E-state index contributed by atoms with van der Waals surface area (Å²) in [5.74, 6) is 0. The van der Waals surface area contributed by atoms with Crippen molar-refractivity contribution in [2.75, 3.05) is 19.6 Å². The van der Waals surface area contributed by atoms with Crippen molar-refractivity contribution in [3.05, 3.63) is 27.5 Å². The first-order chi connectivity index (χ1) is 6.77. The van der Waals surface area contributed by atoms with Gasteiger partial charge in [-0.05, 0) is 22.0 Å². The van der Waals surface area contributed by atoms with Gasteiger partial charge in [-0.15, -0.1) is 0 Å². The summed E-state index contributed by atoms with van der Waals surface area (Å²) in [5, 5.41) is 7.29. The molecule has 0 unspecified atom stereocenters. The number of hydrogen-bond donors (Lipinski definition) is 2. The third-order valence-corrected chi connectivity index (χ3v) is 3.00. The van der Waals surface area contributed by atoms with Crippen LogP contribution in [0, 0.1) is 0 Å². The topological polar surface area (TPSA) is 37.0 Å². The summed E-state index contributed by atoms with van der Waals surface area (Å²) < 4.78 is 0.962.